The van der Waals surface area contributed by atoms with Crippen molar-refractivity contribution >= 4 is 5.91 Å². The summed E-state index contributed by atoms with van der Waals surface area (Å²) in [7, 11) is 0. The van der Waals surface area contributed by atoms with Crippen molar-refractivity contribution in [1.29, 1.82) is 0 Å². The first-order chi connectivity index (χ1) is 12.1. The van der Waals surface area contributed by atoms with Crippen LogP contribution in [0.1, 0.15) is 43.2 Å². The number of nitrogens with zero attached hydrogens (tertiary/aromatic N) is 2. The minimum atomic E-state index is -0.378. The molecule has 4 rings (SSSR count). The number of benzene rings is 1. The number of piperidine rings is 2. The standard InChI is InChI=1S/C19H22FN3O2/c1-19-9-5-11-23(17(19)8-4-10-21-19)18(24)16-12-15(22-25-16)13-6-2-3-7-14(13)20/h2-3,6-7,12,17,21H,4-5,8-11H2,1H3/t17-,19+/m1/s1. The molecule has 2 aliphatic heterocycles. The van der Waals surface area contributed by atoms with Crippen molar-refractivity contribution in [3.05, 3.63) is 41.9 Å². The Kier molecular flexibility index (Phi) is 4.07. The molecule has 1 N–H and O–H groups in total. The molecule has 25 heavy (non-hydrogen) atoms. The normalized spacial score (nSPS) is 26.3. The van der Waals surface area contributed by atoms with Gasteiger partial charge in [0.15, 0.2) is 0 Å². The molecule has 6 heteroatoms. The van der Waals surface area contributed by atoms with Gasteiger partial charge in [0.05, 0.1) is 6.04 Å². The van der Waals surface area contributed by atoms with Gasteiger partial charge in [-0.05, 0) is 51.3 Å². The fraction of sp³-hybridized carbons (Fsp3) is 0.474. The molecule has 5 nitrogen and oxygen atoms in total. The van der Waals surface area contributed by atoms with Crippen molar-refractivity contribution in [2.75, 3.05) is 13.1 Å². The number of rotatable bonds is 2. The largest absolute Gasteiger partial charge is 0.350 e. The van der Waals surface area contributed by atoms with Crippen LogP contribution in [0.15, 0.2) is 34.9 Å². The van der Waals surface area contributed by atoms with E-state index in [0.29, 0.717) is 11.3 Å². The second kappa shape index (κ2) is 6.26. The Labute approximate surface area is 146 Å². The van der Waals surface area contributed by atoms with Gasteiger partial charge in [-0.1, -0.05) is 17.3 Å². The summed E-state index contributed by atoms with van der Waals surface area (Å²) in [5.74, 6) is -0.361. The SMILES string of the molecule is C[C@]12CCCN(C(=O)c3cc(-c4ccccc4F)no3)[C@@H]1CCCN2. The number of amides is 1. The highest BCUT2D eigenvalue weighted by molar-refractivity contribution is 5.92. The second-order valence-electron chi connectivity index (χ2n) is 7.16. The maximum Gasteiger partial charge on any atom is 0.292 e. The molecule has 1 aromatic heterocycles. The van der Waals surface area contributed by atoms with Crippen LogP contribution in [-0.4, -0.2) is 40.6 Å². The fourth-order valence-electron chi connectivity index (χ4n) is 4.19. The average Bonchev–Trinajstić information content (AvgIpc) is 3.10. The molecule has 0 bridgehead atoms. The first-order valence-corrected chi connectivity index (χ1v) is 8.86. The van der Waals surface area contributed by atoms with Crippen LogP contribution in [0.2, 0.25) is 0 Å². The van der Waals surface area contributed by atoms with Gasteiger partial charge in [0.25, 0.3) is 5.91 Å². The molecule has 1 amide bonds. The zero-order chi connectivity index (χ0) is 17.4. The van der Waals surface area contributed by atoms with E-state index in [9.17, 15) is 9.18 Å². The fourth-order valence-corrected chi connectivity index (χ4v) is 4.19. The molecule has 0 radical (unpaired) electrons. The zero-order valence-corrected chi connectivity index (χ0v) is 14.3. The van der Waals surface area contributed by atoms with Gasteiger partial charge in [-0.25, -0.2) is 4.39 Å². The van der Waals surface area contributed by atoms with Crippen LogP contribution in [0.25, 0.3) is 11.3 Å². The number of fused-ring (bicyclic) bond motifs is 1. The lowest BCUT2D eigenvalue weighted by Gasteiger charge is -2.51. The van der Waals surface area contributed by atoms with Crippen molar-refractivity contribution < 1.29 is 13.7 Å². The third-order valence-electron chi connectivity index (χ3n) is 5.52. The van der Waals surface area contributed by atoms with Gasteiger partial charge in [0.1, 0.15) is 11.5 Å². The van der Waals surface area contributed by atoms with Gasteiger partial charge in [-0.3, -0.25) is 4.79 Å². The van der Waals surface area contributed by atoms with Gasteiger partial charge in [0, 0.05) is 23.7 Å². The van der Waals surface area contributed by atoms with E-state index in [1.54, 1.807) is 24.3 Å². The number of nitrogens with one attached hydrogen (secondary N) is 1. The molecular formula is C19H22FN3O2. The summed E-state index contributed by atoms with van der Waals surface area (Å²) in [6, 6.07) is 8.06. The number of hydrogen-bond donors (Lipinski definition) is 1. The molecule has 2 aliphatic rings. The van der Waals surface area contributed by atoms with Crippen LogP contribution < -0.4 is 5.32 Å². The lowest BCUT2D eigenvalue weighted by Crippen LogP contribution is -2.65. The van der Waals surface area contributed by atoms with Crippen molar-refractivity contribution in [1.82, 2.24) is 15.4 Å². The quantitative estimate of drug-likeness (QED) is 0.909. The van der Waals surface area contributed by atoms with E-state index < -0.39 is 0 Å². The van der Waals surface area contributed by atoms with E-state index in [0.717, 1.165) is 38.8 Å². The summed E-state index contributed by atoms with van der Waals surface area (Å²) >= 11 is 0. The summed E-state index contributed by atoms with van der Waals surface area (Å²) in [4.78, 5) is 14.9. The van der Waals surface area contributed by atoms with E-state index in [2.05, 4.69) is 17.4 Å². The summed E-state index contributed by atoms with van der Waals surface area (Å²) in [6.45, 7) is 3.91. The number of carbonyl (C=O) groups excluding carboxylic acids is 1. The van der Waals surface area contributed by atoms with Crippen LogP contribution >= 0.6 is 0 Å². The highest BCUT2D eigenvalue weighted by Gasteiger charge is 2.44. The van der Waals surface area contributed by atoms with E-state index in [1.807, 2.05) is 4.90 Å². The van der Waals surface area contributed by atoms with Gasteiger partial charge in [0.2, 0.25) is 5.76 Å². The Morgan fingerprint density at radius 1 is 1.40 bits per heavy atom. The van der Waals surface area contributed by atoms with Crippen LogP contribution in [-0.2, 0) is 0 Å². The molecule has 0 spiro atoms. The summed E-state index contributed by atoms with van der Waals surface area (Å²) < 4.78 is 19.2. The molecule has 0 saturated carbocycles. The average molecular weight is 343 g/mol. The van der Waals surface area contributed by atoms with E-state index in [1.165, 1.54) is 6.07 Å². The highest BCUT2D eigenvalue weighted by Crippen LogP contribution is 2.34. The third kappa shape index (κ3) is 2.84. The summed E-state index contributed by atoms with van der Waals surface area (Å²) in [6.07, 6.45) is 4.07. The minimum absolute atomic E-state index is 0.0411. The number of carbonyl (C=O) groups is 1. The Hall–Kier alpha value is -2.21. The second-order valence-corrected chi connectivity index (χ2v) is 7.16. The van der Waals surface area contributed by atoms with E-state index >= 15 is 0 Å². The monoisotopic (exact) mass is 343 g/mol. The lowest BCUT2D eigenvalue weighted by molar-refractivity contribution is 0.0223. The number of hydrogen-bond acceptors (Lipinski definition) is 4. The van der Waals surface area contributed by atoms with Crippen LogP contribution in [0.5, 0.6) is 0 Å². The first kappa shape index (κ1) is 16.3. The van der Waals surface area contributed by atoms with Crippen molar-refractivity contribution in [3.8, 4) is 11.3 Å². The van der Waals surface area contributed by atoms with Crippen LogP contribution in [0.4, 0.5) is 4.39 Å². The molecule has 2 saturated heterocycles. The maximum absolute atomic E-state index is 13.9. The Morgan fingerprint density at radius 3 is 3.08 bits per heavy atom. The van der Waals surface area contributed by atoms with Crippen molar-refractivity contribution in [2.45, 2.75) is 44.2 Å². The van der Waals surface area contributed by atoms with Gasteiger partial charge in [-0.15, -0.1) is 0 Å². The highest BCUT2D eigenvalue weighted by atomic mass is 19.1. The maximum atomic E-state index is 13.9. The third-order valence-corrected chi connectivity index (χ3v) is 5.52. The minimum Gasteiger partial charge on any atom is -0.350 e. The Balaban J connectivity index is 1.60. The first-order valence-electron chi connectivity index (χ1n) is 8.86. The Morgan fingerprint density at radius 2 is 2.24 bits per heavy atom. The number of aromatic nitrogens is 1. The van der Waals surface area contributed by atoms with E-state index in [4.69, 9.17) is 4.52 Å². The van der Waals surface area contributed by atoms with Gasteiger partial charge >= 0.3 is 0 Å². The van der Waals surface area contributed by atoms with Crippen molar-refractivity contribution in [3.63, 3.8) is 0 Å². The summed E-state index contributed by atoms with van der Waals surface area (Å²) in [5.41, 5.74) is 0.650. The zero-order valence-electron chi connectivity index (χ0n) is 14.3. The predicted octanol–water partition coefficient (Wildman–Crippen LogP) is 3.23. The van der Waals surface area contributed by atoms with Crippen molar-refractivity contribution in [2.24, 2.45) is 0 Å². The number of halogens is 1. The molecule has 0 unspecified atom stereocenters. The van der Waals surface area contributed by atoms with Crippen LogP contribution in [0.3, 0.4) is 0 Å². The predicted molar refractivity (Wildman–Crippen MR) is 91.6 cm³/mol. The topological polar surface area (TPSA) is 58.4 Å². The smallest absolute Gasteiger partial charge is 0.292 e. The molecule has 2 fully saturated rings. The van der Waals surface area contributed by atoms with Gasteiger partial charge < -0.3 is 14.7 Å². The summed E-state index contributed by atoms with van der Waals surface area (Å²) in [5, 5.41) is 7.49. The molecular weight excluding hydrogens is 321 g/mol. The van der Waals surface area contributed by atoms with E-state index in [-0.39, 0.29) is 29.1 Å². The number of likely N-dealkylation sites (tertiary alicyclic amines) is 1. The molecule has 1 aromatic carbocycles. The molecule has 2 aromatic rings. The molecule has 132 valence electrons. The molecule has 0 aliphatic carbocycles. The van der Waals surface area contributed by atoms with Crippen LogP contribution in [0, 0.1) is 5.82 Å². The molecule has 3 heterocycles. The lowest BCUT2D eigenvalue weighted by atomic mass is 9.78. The Bertz CT molecular complexity index is 786. The molecule has 2 atom stereocenters. The van der Waals surface area contributed by atoms with Gasteiger partial charge in [-0.2, -0.15) is 0 Å².